The van der Waals surface area contributed by atoms with Crippen molar-refractivity contribution in [3.63, 3.8) is 0 Å². The number of hydroxylamine groups is 1. The smallest absolute Gasteiger partial charge is 0.415 e. The number of aliphatic imine (C=N–C) groups is 1. The van der Waals surface area contributed by atoms with Crippen LogP contribution in [0.2, 0.25) is 0 Å². The standard InChI is InChI=1S/C17H21N3O4S2.C15H18N4O4S2.C15H23N3O4S.C9H18N2O2.C9H16N2O2.C6H6BrNO2S.CH4O/c1-3-24-16(21)15-11-18-17(25-15)19-9-4-10-20(12-19)26(22,23)14-7-5-13(2)6-8-14;1-11-3-5-12(6-4-11)25(22,23)19-8-2-7-18(10-19)15-16-9-13(24-15)14(20)17-21;1-5-21-12(19)11-9-16-13(23-11)17-7-6-8-18(10-17)14(20)22-15(2,3)4;2*1-9(2,3)13-8(12)11-6-4-5-10-7-11;1-2-10-5(9)4-3-8-6(7)11-4;1-2/h5-8,11H,3-4,9-10,12H2,1-2H3;3-6,9,21H,2,7-8,10H2,1H3,(H,17,20);9H,5-8,10H2,1-4H3;10H,4-7H2,1-3H3;7H,4-6H2,1-3H3;3H,2H2,1H3;2H,1H3. The van der Waals surface area contributed by atoms with Crippen molar-refractivity contribution in [2.45, 2.75) is 156 Å². The van der Waals surface area contributed by atoms with Crippen molar-refractivity contribution in [2.24, 2.45) is 4.99 Å². The maximum absolute atomic E-state index is 12.9. The number of nitrogens with one attached hydrogen (secondary N) is 2. The molecule has 9 heterocycles. The molecule has 626 valence electrons. The van der Waals surface area contributed by atoms with Gasteiger partial charge in [-0.2, -0.15) is 8.61 Å². The minimum absolute atomic E-state index is 0.171. The lowest BCUT2D eigenvalue weighted by Gasteiger charge is -2.36. The summed E-state index contributed by atoms with van der Waals surface area (Å²) in [5, 5.41) is 20.7. The Balaban J connectivity index is 0.000000248. The van der Waals surface area contributed by atoms with Gasteiger partial charge >= 0.3 is 36.2 Å². The molecule has 0 saturated carbocycles. The number of thiazole rings is 4. The molecule has 0 aliphatic carbocycles. The lowest BCUT2D eigenvalue weighted by atomic mass is 10.2. The van der Waals surface area contributed by atoms with Crippen LogP contribution in [0.1, 0.15) is 165 Å². The maximum atomic E-state index is 12.9. The topological polar surface area (TPSA) is 398 Å². The number of rotatable bonds is 14. The molecule has 113 heavy (non-hydrogen) atoms. The second-order valence-corrected chi connectivity index (χ2v) is 37.1. The molecular weight excluding hydrogens is 1650 g/mol. The SMILES string of the molecule is CC(C)(C)OC(=O)N1C=NCCC1.CC(C)(C)OC(=O)N1CCCNC1.CCOC(=O)c1cnc(Br)s1.CCOC(=O)c1cnc(N2CCCN(C(=O)OC(C)(C)C)C2)s1.CCOC(=O)c1cnc(N2CCCN(S(=O)(=O)c3ccc(C)cc3)C2)s1.CO.Cc1ccc(S(=O)(=O)N2CCCN(c3ncc(C(=O)NO)s3)C2)cc1. The molecular formula is C72H106BrN15O19S6. The molecule has 5 aliphatic rings. The van der Waals surface area contributed by atoms with Crippen LogP contribution in [0, 0.1) is 13.8 Å². The van der Waals surface area contributed by atoms with Gasteiger partial charge < -0.3 is 48.2 Å². The molecule has 0 bridgehead atoms. The van der Waals surface area contributed by atoms with Crippen molar-refractivity contribution >= 4 is 145 Å². The van der Waals surface area contributed by atoms with Crippen LogP contribution in [0.4, 0.5) is 29.8 Å². The maximum Gasteiger partial charge on any atom is 0.415 e. The quantitative estimate of drug-likeness (QED) is 0.0340. The lowest BCUT2D eigenvalue weighted by molar-refractivity contribution is 0.0198. The second kappa shape index (κ2) is 45.9. The molecule has 0 atom stereocenters. The molecule has 34 nitrogen and oxygen atoms in total. The molecule has 4 saturated heterocycles. The lowest BCUT2D eigenvalue weighted by Crippen LogP contribution is -2.49. The predicted molar refractivity (Wildman–Crippen MR) is 436 cm³/mol. The first-order valence-electron chi connectivity index (χ1n) is 36.3. The normalized spacial score (nSPS) is 15.5. The van der Waals surface area contributed by atoms with E-state index in [1.165, 1.54) is 72.3 Å². The zero-order valence-electron chi connectivity index (χ0n) is 66.5. The number of anilines is 3. The number of nitrogens with zero attached hydrogens (tertiary/aromatic N) is 13. The summed E-state index contributed by atoms with van der Waals surface area (Å²) < 4.78 is 85.5. The van der Waals surface area contributed by atoms with Crippen molar-refractivity contribution in [3.05, 3.63) is 108 Å². The van der Waals surface area contributed by atoms with Crippen LogP contribution in [0.25, 0.3) is 0 Å². The number of carbonyl (C=O) groups is 7. The molecule has 2 aromatic carbocycles. The van der Waals surface area contributed by atoms with Gasteiger partial charge in [-0.15, -0.1) is 11.3 Å². The van der Waals surface area contributed by atoms with Gasteiger partial charge in [0.15, 0.2) is 19.3 Å². The Bertz CT molecular complexity index is 4270. The summed E-state index contributed by atoms with van der Waals surface area (Å²) in [6.07, 6.45) is 10.6. The fourth-order valence-electron chi connectivity index (χ4n) is 10.1. The largest absolute Gasteiger partial charge is 0.462 e. The van der Waals surface area contributed by atoms with Gasteiger partial charge in [-0.1, -0.05) is 69.4 Å². The van der Waals surface area contributed by atoms with E-state index in [1.807, 2.05) is 90.9 Å². The summed E-state index contributed by atoms with van der Waals surface area (Å²) >= 11 is 8.01. The monoisotopic (exact) mass is 1760 g/mol. The van der Waals surface area contributed by atoms with Gasteiger partial charge in [0.2, 0.25) is 20.0 Å². The van der Waals surface area contributed by atoms with Crippen molar-refractivity contribution in [1.82, 2.24) is 54.0 Å². The Morgan fingerprint density at radius 1 is 0.496 bits per heavy atom. The van der Waals surface area contributed by atoms with E-state index < -0.39 is 48.7 Å². The van der Waals surface area contributed by atoms with Crippen molar-refractivity contribution in [1.29, 1.82) is 0 Å². The first kappa shape index (κ1) is 95.5. The van der Waals surface area contributed by atoms with Crippen LogP contribution in [-0.4, -0.2) is 255 Å². The highest BCUT2D eigenvalue weighted by Gasteiger charge is 2.34. The Kier molecular flexibility index (Phi) is 38.7. The Labute approximate surface area is 685 Å². The average molecular weight is 1760 g/mol. The minimum Gasteiger partial charge on any atom is -0.462 e. The first-order chi connectivity index (χ1) is 53.3. The number of esters is 3. The second-order valence-electron chi connectivity index (χ2n) is 27.9. The third-order valence-corrected chi connectivity index (χ3v) is 23.6. The van der Waals surface area contributed by atoms with Crippen molar-refractivity contribution in [2.75, 3.05) is 134 Å². The molecule has 4 fully saturated rings. The molecule has 6 aromatic rings. The molecule has 11 rings (SSSR count). The van der Waals surface area contributed by atoms with E-state index in [9.17, 15) is 50.4 Å². The number of aliphatic hydroxyl groups excluding tert-OH is 1. The summed E-state index contributed by atoms with van der Waals surface area (Å²) in [7, 11) is -6.15. The summed E-state index contributed by atoms with van der Waals surface area (Å²) in [6.45, 7) is 35.2. The van der Waals surface area contributed by atoms with Gasteiger partial charge in [-0.05, 0) is 176 Å². The molecule has 4 N–H and O–H groups in total. The number of hydrogen-bond acceptors (Lipinski definition) is 32. The van der Waals surface area contributed by atoms with Gasteiger partial charge in [-0.25, -0.2) is 71.0 Å². The fraction of sp³-hybridized carbons (Fsp3) is 0.556. The predicted octanol–water partition coefficient (Wildman–Crippen LogP) is 11.2. The molecule has 5 aliphatic heterocycles. The highest BCUT2D eigenvalue weighted by Crippen LogP contribution is 2.31. The van der Waals surface area contributed by atoms with Crippen LogP contribution in [-0.2, 0) is 48.5 Å². The van der Waals surface area contributed by atoms with E-state index in [2.05, 4.69) is 46.2 Å². The van der Waals surface area contributed by atoms with E-state index in [-0.39, 0.29) is 58.2 Å². The molecule has 41 heteroatoms. The van der Waals surface area contributed by atoms with Gasteiger partial charge in [-0.3, -0.25) is 35.0 Å². The number of aryl methyl sites for hydroxylation is 2. The zero-order chi connectivity index (χ0) is 83.9. The summed E-state index contributed by atoms with van der Waals surface area (Å²) in [4.78, 5) is 114. The third-order valence-electron chi connectivity index (χ3n) is 15.3. The van der Waals surface area contributed by atoms with Crippen LogP contribution >= 0.6 is 61.3 Å². The number of aromatic nitrogens is 4. The number of aliphatic hydroxyl groups is 1. The number of ether oxygens (including phenoxy) is 6. The summed E-state index contributed by atoms with van der Waals surface area (Å²) in [5.41, 5.74) is 2.23. The Morgan fingerprint density at radius 2 is 0.876 bits per heavy atom. The molecule has 4 amide bonds. The number of hydrogen-bond donors (Lipinski definition) is 4. The zero-order valence-corrected chi connectivity index (χ0v) is 73.0. The van der Waals surface area contributed by atoms with Crippen LogP contribution < -0.4 is 25.5 Å². The van der Waals surface area contributed by atoms with Crippen molar-refractivity contribution in [3.8, 4) is 0 Å². The Morgan fingerprint density at radius 3 is 1.26 bits per heavy atom. The number of sulfonamides is 2. The minimum atomic E-state index is -3.58. The summed E-state index contributed by atoms with van der Waals surface area (Å²) in [6, 6.07) is 13.6. The number of amides is 4. The van der Waals surface area contributed by atoms with Gasteiger partial charge in [0, 0.05) is 66.0 Å². The van der Waals surface area contributed by atoms with Crippen LogP contribution in [0.3, 0.4) is 0 Å². The number of halogens is 1. The molecule has 0 spiro atoms. The summed E-state index contributed by atoms with van der Waals surface area (Å²) in [5.74, 6) is -1.71. The van der Waals surface area contributed by atoms with Gasteiger partial charge in [0.05, 0.1) is 87.4 Å². The fourth-order valence-corrected chi connectivity index (χ4v) is 16.6. The van der Waals surface area contributed by atoms with Crippen LogP contribution in [0.15, 0.2) is 92.0 Å². The molecule has 0 unspecified atom stereocenters. The van der Waals surface area contributed by atoms with Crippen molar-refractivity contribution < 1.29 is 89.1 Å². The highest BCUT2D eigenvalue weighted by atomic mass is 79.9. The molecule has 0 radical (unpaired) electrons. The Hall–Kier alpha value is -8.10. The number of benzene rings is 2. The molecule has 4 aromatic heterocycles. The first-order valence-corrected chi connectivity index (χ1v) is 43.2. The van der Waals surface area contributed by atoms with Crippen LogP contribution in [0.5, 0.6) is 0 Å². The van der Waals surface area contributed by atoms with E-state index in [0.29, 0.717) is 119 Å². The number of carbonyl (C=O) groups excluding carboxylic acids is 7. The van der Waals surface area contributed by atoms with E-state index in [4.69, 9.17) is 38.7 Å². The van der Waals surface area contributed by atoms with Gasteiger partial charge in [0.25, 0.3) is 5.91 Å². The van der Waals surface area contributed by atoms with E-state index in [0.717, 1.165) is 75.0 Å². The van der Waals surface area contributed by atoms with E-state index in [1.54, 1.807) is 90.9 Å². The van der Waals surface area contributed by atoms with E-state index >= 15 is 0 Å². The third kappa shape index (κ3) is 31.9. The van der Waals surface area contributed by atoms with Gasteiger partial charge in [0.1, 0.15) is 36.3 Å². The highest BCUT2D eigenvalue weighted by molar-refractivity contribution is 9.11. The average Bonchev–Trinajstić information content (AvgIpc) is 1.28.